The van der Waals surface area contributed by atoms with Crippen LogP contribution in [-0.2, 0) is 0 Å². The Bertz CT molecular complexity index is 4550. The van der Waals surface area contributed by atoms with Crippen LogP contribution in [0.5, 0.6) is 0 Å². The van der Waals surface area contributed by atoms with E-state index in [0.29, 0.717) is 17.6 Å². The Kier molecular flexibility index (Phi) is 10.1. The lowest BCUT2D eigenvalue weighted by atomic mass is 10.1. The summed E-state index contributed by atoms with van der Waals surface area (Å²) in [7, 11) is -2.89. The van der Waals surface area contributed by atoms with Crippen molar-refractivity contribution in [3.05, 3.63) is 279 Å². The zero-order valence-electron chi connectivity index (χ0n) is 41.2. The van der Waals surface area contributed by atoms with Gasteiger partial charge in [-0.3, -0.25) is 4.57 Å². The first-order valence-corrected chi connectivity index (χ1v) is 27.9. The van der Waals surface area contributed by atoms with Gasteiger partial charge in [-0.2, -0.15) is 9.97 Å². The third kappa shape index (κ3) is 6.69. The van der Waals surface area contributed by atoms with Crippen molar-refractivity contribution in [3.63, 3.8) is 0 Å². The van der Waals surface area contributed by atoms with E-state index in [0.717, 1.165) is 55.3 Å². The van der Waals surface area contributed by atoms with E-state index in [-0.39, 0.29) is 0 Å². The molecule has 15 rings (SSSR count). The number of benzene rings is 11. The van der Waals surface area contributed by atoms with Crippen molar-refractivity contribution in [2.45, 2.75) is 0 Å². The van der Waals surface area contributed by atoms with Crippen molar-refractivity contribution in [1.82, 2.24) is 28.7 Å². The molecule has 4 heterocycles. The maximum absolute atomic E-state index is 5.61. The van der Waals surface area contributed by atoms with Crippen LogP contribution in [0.25, 0.3) is 106 Å². The normalized spacial score (nSPS) is 11.9. The lowest BCUT2D eigenvalue weighted by Crippen LogP contribution is -2.74. The van der Waals surface area contributed by atoms with Crippen LogP contribution in [0.2, 0.25) is 0 Å². The Morgan fingerprint density at radius 2 is 0.671 bits per heavy atom. The molecule has 0 saturated heterocycles. The molecule has 11 aromatic carbocycles. The van der Waals surface area contributed by atoms with Crippen LogP contribution in [0.3, 0.4) is 0 Å². The molecule has 0 saturated carbocycles. The van der Waals surface area contributed by atoms with Crippen LogP contribution < -0.4 is 20.7 Å². The quantitative estimate of drug-likeness (QED) is 0.107. The van der Waals surface area contributed by atoms with E-state index >= 15 is 0 Å². The molecule has 0 bridgehead atoms. The molecule has 0 aliphatic carbocycles. The summed E-state index contributed by atoms with van der Waals surface area (Å²) in [6, 6.07) is 101. The summed E-state index contributed by atoms with van der Waals surface area (Å²) >= 11 is 0. The number of hydrogen-bond acceptors (Lipinski definition) is 3. The minimum absolute atomic E-state index is 0.539. The van der Waals surface area contributed by atoms with E-state index in [4.69, 9.17) is 15.0 Å². The van der Waals surface area contributed by atoms with Gasteiger partial charge in [0.1, 0.15) is 0 Å². The lowest BCUT2D eigenvalue weighted by Gasteiger charge is -2.34. The molecule has 4 aromatic heterocycles. The van der Waals surface area contributed by atoms with Gasteiger partial charge in [-0.25, -0.2) is 4.98 Å². The first-order chi connectivity index (χ1) is 37.7. The predicted molar refractivity (Wildman–Crippen MR) is 317 cm³/mol. The van der Waals surface area contributed by atoms with Gasteiger partial charge in [0.2, 0.25) is 5.95 Å². The van der Waals surface area contributed by atoms with Gasteiger partial charge in [0, 0.05) is 49.1 Å². The minimum Gasteiger partial charge on any atom is -0.309 e. The lowest BCUT2D eigenvalue weighted by molar-refractivity contribution is 0.950. The monoisotopic (exact) mass is 986 g/mol. The first-order valence-electron chi connectivity index (χ1n) is 25.9. The highest BCUT2D eigenvalue weighted by molar-refractivity contribution is 7.19. The fraction of sp³-hybridized carbons (Fsp3) is 0. The summed E-state index contributed by atoms with van der Waals surface area (Å²) in [6.45, 7) is 0. The topological polar surface area (TPSA) is 53.5 Å². The summed E-state index contributed by atoms with van der Waals surface area (Å²) in [6.07, 6.45) is 0. The molecule has 356 valence electrons. The Hall–Kier alpha value is -9.95. The van der Waals surface area contributed by atoms with Gasteiger partial charge in [0.05, 0.1) is 38.8 Å². The molecule has 0 fully saturated rings. The van der Waals surface area contributed by atoms with E-state index in [1.807, 2.05) is 18.2 Å². The van der Waals surface area contributed by atoms with Gasteiger partial charge in [-0.05, 0) is 63.2 Å². The average Bonchev–Trinajstić information content (AvgIpc) is 4.17. The molecule has 15 aromatic rings. The third-order valence-electron chi connectivity index (χ3n) is 15.4. The van der Waals surface area contributed by atoms with Crippen molar-refractivity contribution < 1.29 is 0 Å². The van der Waals surface area contributed by atoms with E-state index in [9.17, 15) is 0 Å². The van der Waals surface area contributed by atoms with Crippen LogP contribution in [0.1, 0.15) is 0 Å². The second kappa shape index (κ2) is 17.6. The molecule has 0 amide bonds. The molecular formula is C69H46N6Si. The second-order valence-electron chi connectivity index (χ2n) is 19.5. The van der Waals surface area contributed by atoms with Gasteiger partial charge >= 0.3 is 0 Å². The number of para-hydroxylation sites is 5. The molecule has 0 unspecified atom stereocenters. The third-order valence-corrected chi connectivity index (χ3v) is 20.2. The van der Waals surface area contributed by atoms with Crippen LogP contribution in [0, 0.1) is 0 Å². The second-order valence-corrected chi connectivity index (χ2v) is 23.3. The molecule has 6 nitrogen and oxygen atoms in total. The Morgan fingerprint density at radius 1 is 0.263 bits per heavy atom. The fourth-order valence-electron chi connectivity index (χ4n) is 12.2. The van der Waals surface area contributed by atoms with Crippen molar-refractivity contribution >= 4 is 94.2 Å². The van der Waals surface area contributed by atoms with E-state index in [1.54, 1.807) is 0 Å². The van der Waals surface area contributed by atoms with Crippen LogP contribution in [0.15, 0.2) is 279 Å². The van der Waals surface area contributed by atoms with Gasteiger partial charge in [-0.15, -0.1) is 0 Å². The van der Waals surface area contributed by atoms with Gasteiger partial charge in [0.25, 0.3) is 0 Å². The van der Waals surface area contributed by atoms with Gasteiger partial charge in [0.15, 0.2) is 19.7 Å². The molecular weight excluding hydrogens is 941 g/mol. The molecule has 0 atom stereocenters. The average molecular weight is 987 g/mol. The summed E-state index contributed by atoms with van der Waals surface area (Å²) in [5.41, 5.74) is 10.5. The smallest absolute Gasteiger partial charge is 0.238 e. The zero-order chi connectivity index (χ0) is 50.2. The van der Waals surface area contributed by atoms with Crippen LogP contribution >= 0.6 is 0 Å². The standard InChI is InChI=1S/C69H46N6Si/c1-5-23-47(24-6-1)67-70-68(48-25-21-32-53(45-48)76(50-26-7-2-8-27-50,51-28-9-3-10-29-51)52-30-11-4-12-31-52)72-69(71-67)75-63-41-20-16-36-57(63)59-37-22-42-64(66(59)75)74-62-40-19-15-35-56(62)58-44-43-49(46-65(58)74)73-60-38-17-13-33-54(60)55-34-14-18-39-61(55)73/h1-46H. The van der Waals surface area contributed by atoms with Gasteiger partial charge < -0.3 is 9.13 Å². The summed E-state index contributed by atoms with van der Waals surface area (Å²) in [5.74, 6) is 1.73. The fourth-order valence-corrected chi connectivity index (χ4v) is 17.0. The molecule has 0 aliphatic heterocycles. The van der Waals surface area contributed by atoms with Crippen LogP contribution in [0.4, 0.5) is 0 Å². The summed E-state index contributed by atoms with van der Waals surface area (Å²) in [4.78, 5) is 16.5. The minimum atomic E-state index is -2.89. The predicted octanol–water partition coefficient (Wildman–Crippen LogP) is 13.9. The zero-order valence-corrected chi connectivity index (χ0v) is 42.2. The molecule has 0 N–H and O–H groups in total. The molecule has 0 aliphatic rings. The maximum atomic E-state index is 5.61. The van der Waals surface area contributed by atoms with Crippen molar-refractivity contribution in [2.24, 2.45) is 0 Å². The van der Waals surface area contributed by atoms with Crippen molar-refractivity contribution in [2.75, 3.05) is 0 Å². The Morgan fingerprint density at radius 3 is 1.24 bits per heavy atom. The summed E-state index contributed by atoms with van der Waals surface area (Å²) < 4.78 is 7.13. The highest BCUT2D eigenvalue weighted by Crippen LogP contribution is 2.41. The highest BCUT2D eigenvalue weighted by atomic mass is 28.3. The number of nitrogens with zero attached hydrogens (tertiary/aromatic N) is 6. The summed E-state index contributed by atoms with van der Waals surface area (Å²) in [5, 5.41) is 12.2. The van der Waals surface area contributed by atoms with E-state index < -0.39 is 8.07 Å². The SMILES string of the molecule is c1ccc(-c2nc(-c3cccc([Si](c4ccccc4)(c4ccccc4)c4ccccc4)c3)nc(-n3c4ccccc4c4cccc(-n5c6ccccc6c6ccc(-n7c8ccccc8c8ccccc87)cc65)c43)n2)cc1. The van der Waals surface area contributed by atoms with Crippen molar-refractivity contribution in [3.8, 4) is 40.1 Å². The largest absolute Gasteiger partial charge is 0.309 e. The first kappa shape index (κ1) is 43.6. The molecule has 0 spiro atoms. The van der Waals surface area contributed by atoms with Gasteiger partial charge in [-0.1, -0.05) is 237 Å². The number of fused-ring (bicyclic) bond motifs is 9. The highest BCUT2D eigenvalue weighted by Gasteiger charge is 2.41. The number of hydrogen-bond donors (Lipinski definition) is 0. The molecule has 76 heavy (non-hydrogen) atoms. The molecule has 0 radical (unpaired) electrons. The van der Waals surface area contributed by atoms with Crippen molar-refractivity contribution in [1.29, 1.82) is 0 Å². The van der Waals surface area contributed by atoms with E-state index in [2.05, 4.69) is 275 Å². The number of rotatable bonds is 9. The Balaban J connectivity index is 0.998. The number of aromatic nitrogens is 6. The Labute approximate surface area is 439 Å². The van der Waals surface area contributed by atoms with E-state index in [1.165, 1.54) is 53.3 Å². The van der Waals surface area contributed by atoms with Crippen LogP contribution in [-0.4, -0.2) is 36.7 Å². The maximum Gasteiger partial charge on any atom is 0.238 e. The molecule has 7 heteroatoms.